The smallest absolute Gasteiger partial charge is 0.225 e. The van der Waals surface area contributed by atoms with E-state index in [9.17, 15) is 0 Å². The van der Waals surface area contributed by atoms with Crippen LogP contribution < -0.4 is 10.6 Å². The van der Waals surface area contributed by atoms with Crippen molar-refractivity contribution in [1.29, 1.82) is 0 Å². The van der Waals surface area contributed by atoms with Gasteiger partial charge in [-0.1, -0.05) is 12.1 Å². The summed E-state index contributed by atoms with van der Waals surface area (Å²) in [6.45, 7) is 2.17. The zero-order valence-electron chi connectivity index (χ0n) is 13.4. The summed E-state index contributed by atoms with van der Waals surface area (Å²) < 4.78 is 11.0. The maximum absolute atomic E-state index is 5.68. The highest BCUT2D eigenvalue weighted by molar-refractivity contribution is 5.90. The summed E-state index contributed by atoms with van der Waals surface area (Å²) in [5, 5.41) is 7.66. The molecule has 0 bridgehead atoms. The molecule has 2 N–H and O–H groups in total. The first-order valence-corrected chi connectivity index (χ1v) is 8.27. The van der Waals surface area contributed by atoms with E-state index in [1.165, 1.54) is 0 Å². The second kappa shape index (κ2) is 6.88. The van der Waals surface area contributed by atoms with Gasteiger partial charge in [-0.25, -0.2) is 4.98 Å². The van der Waals surface area contributed by atoms with Gasteiger partial charge in [-0.3, -0.25) is 0 Å². The number of hydrogen-bond donors (Lipinski definition) is 2. The first-order valence-electron chi connectivity index (χ1n) is 8.27. The lowest BCUT2D eigenvalue weighted by atomic mass is 10.2. The van der Waals surface area contributed by atoms with Crippen molar-refractivity contribution < 1.29 is 9.15 Å². The van der Waals surface area contributed by atoms with Crippen LogP contribution in [0, 0.1) is 0 Å². The minimum atomic E-state index is 0.262. The Balaban J connectivity index is 1.55. The van der Waals surface area contributed by atoms with Gasteiger partial charge in [0.2, 0.25) is 5.95 Å². The molecule has 1 aliphatic heterocycles. The third kappa shape index (κ3) is 3.33. The summed E-state index contributed by atoms with van der Waals surface area (Å²) in [6.07, 6.45) is 4.15. The van der Waals surface area contributed by atoms with E-state index in [2.05, 4.69) is 20.6 Å². The third-order valence-electron chi connectivity index (χ3n) is 4.13. The number of anilines is 2. The topological polar surface area (TPSA) is 72.2 Å². The standard InChI is InChI=1S/C18H20N4O2/c1-2-8-16-15(7-1)17(19-11-13-5-3-9-23-13)22-18(21-16)20-12-14-6-4-10-24-14/h1-2,4,6-8,10,13H,3,5,9,11-12H2,(H2,19,20,21,22). The van der Waals surface area contributed by atoms with Crippen LogP contribution in [0.1, 0.15) is 18.6 Å². The highest BCUT2D eigenvalue weighted by atomic mass is 16.5. The molecule has 1 fully saturated rings. The van der Waals surface area contributed by atoms with Crippen molar-refractivity contribution in [2.45, 2.75) is 25.5 Å². The van der Waals surface area contributed by atoms with Gasteiger partial charge < -0.3 is 19.8 Å². The minimum Gasteiger partial charge on any atom is -0.467 e. The van der Waals surface area contributed by atoms with E-state index in [1.54, 1.807) is 6.26 Å². The van der Waals surface area contributed by atoms with Gasteiger partial charge in [0, 0.05) is 18.5 Å². The Kier molecular flexibility index (Phi) is 4.29. The Morgan fingerprint density at radius 2 is 2.04 bits per heavy atom. The second-order valence-corrected chi connectivity index (χ2v) is 5.86. The molecular weight excluding hydrogens is 304 g/mol. The summed E-state index contributed by atoms with van der Waals surface area (Å²) in [4.78, 5) is 9.21. The maximum atomic E-state index is 5.68. The first kappa shape index (κ1) is 15.0. The molecular formula is C18H20N4O2. The van der Waals surface area contributed by atoms with Crippen molar-refractivity contribution in [3.8, 4) is 0 Å². The lowest BCUT2D eigenvalue weighted by molar-refractivity contribution is 0.120. The molecule has 0 aliphatic carbocycles. The van der Waals surface area contributed by atoms with Gasteiger partial charge in [0.15, 0.2) is 0 Å². The van der Waals surface area contributed by atoms with Crippen LogP contribution in [-0.2, 0) is 11.3 Å². The SMILES string of the molecule is c1coc(CNc2nc(NCC3CCCO3)c3ccccc3n2)c1. The van der Waals surface area contributed by atoms with E-state index in [4.69, 9.17) is 9.15 Å². The van der Waals surface area contributed by atoms with Crippen molar-refractivity contribution in [3.63, 3.8) is 0 Å². The van der Waals surface area contributed by atoms with Gasteiger partial charge >= 0.3 is 0 Å². The molecule has 6 heteroatoms. The van der Waals surface area contributed by atoms with E-state index >= 15 is 0 Å². The summed E-state index contributed by atoms with van der Waals surface area (Å²) >= 11 is 0. The van der Waals surface area contributed by atoms with Crippen LogP contribution in [0.4, 0.5) is 11.8 Å². The van der Waals surface area contributed by atoms with Crippen molar-refractivity contribution in [1.82, 2.24) is 9.97 Å². The van der Waals surface area contributed by atoms with Crippen LogP contribution in [0.2, 0.25) is 0 Å². The number of rotatable bonds is 6. The normalized spacial score (nSPS) is 17.2. The summed E-state index contributed by atoms with van der Waals surface area (Å²) in [7, 11) is 0. The first-order chi connectivity index (χ1) is 11.9. The molecule has 1 unspecified atom stereocenters. The second-order valence-electron chi connectivity index (χ2n) is 5.86. The Morgan fingerprint density at radius 3 is 2.88 bits per heavy atom. The Labute approximate surface area is 140 Å². The molecule has 0 saturated carbocycles. The number of hydrogen-bond acceptors (Lipinski definition) is 6. The largest absolute Gasteiger partial charge is 0.467 e. The van der Waals surface area contributed by atoms with Crippen LogP contribution >= 0.6 is 0 Å². The molecule has 24 heavy (non-hydrogen) atoms. The van der Waals surface area contributed by atoms with E-state index in [-0.39, 0.29) is 6.10 Å². The predicted molar refractivity (Wildman–Crippen MR) is 93.0 cm³/mol. The lowest BCUT2D eigenvalue weighted by Gasteiger charge is -2.14. The number of aromatic nitrogens is 2. The molecule has 124 valence electrons. The number of benzene rings is 1. The number of nitrogens with zero attached hydrogens (tertiary/aromatic N) is 2. The summed E-state index contributed by atoms with van der Waals surface area (Å²) in [5.41, 5.74) is 0.907. The van der Waals surface area contributed by atoms with Gasteiger partial charge in [0.25, 0.3) is 0 Å². The third-order valence-corrected chi connectivity index (χ3v) is 4.13. The molecule has 3 heterocycles. The highest BCUT2D eigenvalue weighted by Crippen LogP contribution is 2.23. The van der Waals surface area contributed by atoms with Crippen molar-refractivity contribution in [2.24, 2.45) is 0 Å². The molecule has 1 atom stereocenters. The number of ether oxygens (including phenoxy) is 1. The number of para-hydroxylation sites is 1. The van der Waals surface area contributed by atoms with Gasteiger partial charge in [-0.05, 0) is 37.1 Å². The zero-order chi connectivity index (χ0) is 16.2. The highest BCUT2D eigenvalue weighted by Gasteiger charge is 2.16. The molecule has 4 rings (SSSR count). The molecule has 3 aromatic rings. The van der Waals surface area contributed by atoms with Crippen LogP contribution in [-0.4, -0.2) is 29.2 Å². The Bertz CT molecular complexity index is 798. The molecule has 0 spiro atoms. The van der Waals surface area contributed by atoms with Crippen LogP contribution in [0.15, 0.2) is 47.1 Å². The number of furan rings is 1. The van der Waals surface area contributed by atoms with Crippen molar-refractivity contribution in [3.05, 3.63) is 48.4 Å². The van der Waals surface area contributed by atoms with E-state index < -0.39 is 0 Å². The summed E-state index contributed by atoms with van der Waals surface area (Å²) in [6, 6.07) is 11.8. The monoisotopic (exact) mass is 324 g/mol. The van der Waals surface area contributed by atoms with E-state index in [0.717, 1.165) is 48.5 Å². The Morgan fingerprint density at radius 1 is 1.08 bits per heavy atom. The zero-order valence-corrected chi connectivity index (χ0v) is 13.4. The fraction of sp³-hybridized carbons (Fsp3) is 0.333. The molecule has 1 saturated heterocycles. The predicted octanol–water partition coefficient (Wildman–Crippen LogP) is 3.43. The molecule has 0 amide bonds. The number of nitrogens with one attached hydrogen (secondary N) is 2. The summed E-state index contributed by atoms with van der Waals surface area (Å²) in [5.74, 6) is 2.26. The van der Waals surface area contributed by atoms with E-state index in [0.29, 0.717) is 12.5 Å². The molecule has 2 aromatic heterocycles. The van der Waals surface area contributed by atoms with Crippen molar-refractivity contribution >= 4 is 22.7 Å². The fourth-order valence-corrected chi connectivity index (χ4v) is 2.89. The van der Waals surface area contributed by atoms with E-state index in [1.807, 2.05) is 36.4 Å². The van der Waals surface area contributed by atoms with Gasteiger partial charge in [0.05, 0.1) is 24.4 Å². The molecule has 1 aliphatic rings. The maximum Gasteiger partial charge on any atom is 0.225 e. The van der Waals surface area contributed by atoms with Crippen molar-refractivity contribution in [2.75, 3.05) is 23.8 Å². The van der Waals surface area contributed by atoms with Gasteiger partial charge in [-0.15, -0.1) is 0 Å². The van der Waals surface area contributed by atoms with Crippen LogP contribution in [0.5, 0.6) is 0 Å². The number of fused-ring (bicyclic) bond motifs is 1. The minimum absolute atomic E-state index is 0.262. The fourth-order valence-electron chi connectivity index (χ4n) is 2.89. The average molecular weight is 324 g/mol. The lowest BCUT2D eigenvalue weighted by Crippen LogP contribution is -2.19. The quantitative estimate of drug-likeness (QED) is 0.724. The van der Waals surface area contributed by atoms with Gasteiger partial charge in [0.1, 0.15) is 11.6 Å². The molecule has 1 aromatic carbocycles. The molecule has 6 nitrogen and oxygen atoms in total. The molecule has 0 radical (unpaired) electrons. The van der Waals surface area contributed by atoms with Crippen LogP contribution in [0.25, 0.3) is 10.9 Å². The average Bonchev–Trinajstić information content (AvgIpc) is 3.31. The van der Waals surface area contributed by atoms with Gasteiger partial charge in [-0.2, -0.15) is 4.98 Å². The Hall–Kier alpha value is -2.60. The van der Waals surface area contributed by atoms with Crippen LogP contribution in [0.3, 0.4) is 0 Å².